The highest BCUT2D eigenvalue weighted by atomic mass is 32.2. The van der Waals surface area contributed by atoms with Gasteiger partial charge in [-0.15, -0.1) is 0 Å². The summed E-state index contributed by atoms with van der Waals surface area (Å²) in [5.74, 6) is 8.46. The quantitative estimate of drug-likeness (QED) is 0.123. The van der Waals surface area contributed by atoms with Crippen LogP contribution >= 0.6 is 23.5 Å². The molecule has 0 aliphatic rings. The van der Waals surface area contributed by atoms with Crippen molar-refractivity contribution in [3.63, 3.8) is 0 Å². The molecule has 168 valence electrons. The fraction of sp³-hybridized carbons (Fsp3) is 0.188. The number of hydrazine groups is 1. The number of thioether (sulfide) groups is 2. The average Bonchev–Trinajstić information content (AvgIpc) is 2.67. The molecular formula is C16H17F4N7O2S2. The number of halogens is 4. The van der Waals surface area contributed by atoms with Gasteiger partial charge >= 0.3 is 5.51 Å². The molecule has 15 heteroatoms. The van der Waals surface area contributed by atoms with Gasteiger partial charge in [-0.2, -0.15) is 18.3 Å². The number of hydrogen-bond acceptors (Lipinski definition) is 9. The topological polar surface area (TPSA) is 131 Å². The molecule has 0 saturated heterocycles. The van der Waals surface area contributed by atoms with Crippen molar-refractivity contribution in [2.45, 2.75) is 15.3 Å². The predicted molar refractivity (Wildman–Crippen MR) is 111 cm³/mol. The lowest BCUT2D eigenvalue weighted by atomic mass is 10.2. The summed E-state index contributed by atoms with van der Waals surface area (Å²) in [5.41, 5.74) is -1.61. The van der Waals surface area contributed by atoms with Crippen molar-refractivity contribution in [3.05, 3.63) is 41.8 Å². The minimum absolute atomic E-state index is 0.0463. The van der Waals surface area contributed by atoms with E-state index in [9.17, 15) is 22.4 Å². The lowest BCUT2D eigenvalue weighted by Gasteiger charge is -2.16. The standard InChI is InChI=1S/C16H17F4N7O2S2/c1-27(22)15(25-21)30-12-4-3-8(26-29-2)5-10(12)14(28)24-13-11(17)6-9(7-23-13)31-16(18,19)20/h3-7,26H,21-22H2,1-2H3,(H,23,24,28)/b25-15+. The highest BCUT2D eigenvalue weighted by molar-refractivity contribution is 8.13. The number of nitrogens with zero attached hydrogens (tertiary/aromatic N) is 3. The van der Waals surface area contributed by atoms with Crippen molar-refractivity contribution < 1.29 is 27.2 Å². The molecule has 0 aliphatic heterocycles. The van der Waals surface area contributed by atoms with Gasteiger partial charge in [-0.05, 0) is 47.8 Å². The normalized spacial score (nSPS) is 11.9. The minimum atomic E-state index is -4.60. The van der Waals surface area contributed by atoms with Crippen LogP contribution in [0.2, 0.25) is 0 Å². The second kappa shape index (κ2) is 10.5. The SMILES string of the molecule is CONc1ccc(S/C(=N/N)N(C)N)c(C(=O)Nc2ncc(SC(F)(F)F)cc2F)c1. The Balaban J connectivity index is 2.33. The number of anilines is 2. The molecule has 0 spiro atoms. The van der Waals surface area contributed by atoms with Gasteiger partial charge in [0, 0.05) is 23.0 Å². The van der Waals surface area contributed by atoms with Crippen molar-refractivity contribution in [2.24, 2.45) is 16.8 Å². The number of alkyl halides is 3. The van der Waals surface area contributed by atoms with Crippen LogP contribution in [-0.2, 0) is 4.84 Å². The Morgan fingerprint density at radius 1 is 1.32 bits per heavy atom. The van der Waals surface area contributed by atoms with E-state index in [1.165, 1.54) is 20.2 Å². The highest BCUT2D eigenvalue weighted by Gasteiger charge is 2.30. The molecule has 0 atom stereocenters. The first-order valence-electron chi connectivity index (χ1n) is 8.14. The third-order valence-electron chi connectivity index (χ3n) is 3.34. The van der Waals surface area contributed by atoms with Gasteiger partial charge in [0.2, 0.25) is 5.17 Å². The number of aromatic nitrogens is 1. The van der Waals surface area contributed by atoms with E-state index in [1.54, 1.807) is 12.1 Å². The van der Waals surface area contributed by atoms with Gasteiger partial charge in [0.05, 0.1) is 18.4 Å². The zero-order chi connectivity index (χ0) is 23.2. The molecule has 2 rings (SSSR count). The number of carbonyl (C=O) groups excluding carboxylic acids is 1. The monoisotopic (exact) mass is 479 g/mol. The highest BCUT2D eigenvalue weighted by Crippen LogP contribution is 2.37. The first-order chi connectivity index (χ1) is 14.5. The van der Waals surface area contributed by atoms with Crippen molar-refractivity contribution in [1.82, 2.24) is 9.99 Å². The van der Waals surface area contributed by atoms with Crippen LogP contribution in [0.15, 0.2) is 45.4 Å². The maximum atomic E-state index is 14.2. The van der Waals surface area contributed by atoms with E-state index in [4.69, 9.17) is 16.5 Å². The Hall–Kier alpha value is -2.75. The first-order valence-corrected chi connectivity index (χ1v) is 9.77. The van der Waals surface area contributed by atoms with Gasteiger partial charge in [-0.25, -0.2) is 15.2 Å². The number of carbonyl (C=O) groups is 1. The zero-order valence-corrected chi connectivity index (χ0v) is 17.7. The fourth-order valence-electron chi connectivity index (χ4n) is 2.14. The van der Waals surface area contributed by atoms with E-state index in [2.05, 4.69) is 20.9 Å². The predicted octanol–water partition coefficient (Wildman–Crippen LogP) is 3.19. The van der Waals surface area contributed by atoms with Crippen LogP contribution < -0.4 is 22.5 Å². The first kappa shape index (κ1) is 24.5. The third kappa shape index (κ3) is 7.16. The number of amidine groups is 1. The van der Waals surface area contributed by atoms with Gasteiger partial charge in [-0.3, -0.25) is 20.1 Å². The fourth-order valence-corrected chi connectivity index (χ4v) is 3.47. The Labute approximate surface area is 182 Å². The summed E-state index contributed by atoms with van der Waals surface area (Å²) >= 11 is 0.435. The lowest BCUT2D eigenvalue weighted by Crippen LogP contribution is -2.32. The molecule has 0 saturated carbocycles. The van der Waals surface area contributed by atoms with Crippen molar-refractivity contribution >= 4 is 46.1 Å². The van der Waals surface area contributed by atoms with Crippen LogP contribution in [0.5, 0.6) is 0 Å². The van der Waals surface area contributed by atoms with Crippen LogP contribution in [0.3, 0.4) is 0 Å². The lowest BCUT2D eigenvalue weighted by molar-refractivity contribution is -0.0328. The number of amides is 1. The number of pyridine rings is 1. The third-order valence-corrected chi connectivity index (χ3v) is 5.18. The number of rotatable bonds is 6. The van der Waals surface area contributed by atoms with Gasteiger partial charge < -0.3 is 11.2 Å². The second-order valence-corrected chi connectivity index (χ2v) is 7.79. The molecule has 0 bridgehead atoms. The van der Waals surface area contributed by atoms with Gasteiger partial charge in [-0.1, -0.05) is 0 Å². The molecule has 1 aromatic heterocycles. The van der Waals surface area contributed by atoms with E-state index in [0.717, 1.165) is 23.0 Å². The number of hydrazone groups is 1. The maximum absolute atomic E-state index is 14.2. The number of nitrogens with two attached hydrogens (primary N) is 2. The van der Waals surface area contributed by atoms with Gasteiger partial charge in [0.1, 0.15) is 0 Å². The molecule has 2 aromatic rings. The van der Waals surface area contributed by atoms with Crippen molar-refractivity contribution in [2.75, 3.05) is 25.0 Å². The molecular weight excluding hydrogens is 462 g/mol. The smallest absolute Gasteiger partial charge is 0.321 e. The van der Waals surface area contributed by atoms with Crippen LogP contribution in [0.1, 0.15) is 10.4 Å². The molecule has 6 N–H and O–H groups in total. The molecule has 1 amide bonds. The minimum Gasteiger partial charge on any atom is -0.321 e. The van der Waals surface area contributed by atoms with Crippen LogP contribution in [0.25, 0.3) is 0 Å². The maximum Gasteiger partial charge on any atom is 0.446 e. The summed E-state index contributed by atoms with van der Waals surface area (Å²) in [6, 6.07) is 5.16. The van der Waals surface area contributed by atoms with E-state index in [1.807, 2.05) is 0 Å². The number of nitrogens with one attached hydrogen (secondary N) is 2. The second-order valence-electron chi connectivity index (χ2n) is 5.65. The van der Waals surface area contributed by atoms with E-state index in [0.29, 0.717) is 16.6 Å². The van der Waals surface area contributed by atoms with Crippen LogP contribution in [0, 0.1) is 5.82 Å². The van der Waals surface area contributed by atoms with Crippen molar-refractivity contribution in [3.8, 4) is 0 Å². The summed E-state index contributed by atoms with van der Waals surface area (Å²) in [6.07, 6.45) is 0.804. The van der Waals surface area contributed by atoms with Crippen molar-refractivity contribution in [1.29, 1.82) is 0 Å². The molecule has 0 radical (unpaired) electrons. The molecule has 0 fully saturated rings. The largest absolute Gasteiger partial charge is 0.446 e. The Kier molecular flexibility index (Phi) is 8.32. The summed E-state index contributed by atoms with van der Waals surface area (Å²) in [6.45, 7) is 0. The number of hydrogen-bond donors (Lipinski definition) is 4. The van der Waals surface area contributed by atoms with Gasteiger partial charge in [0.25, 0.3) is 5.91 Å². The molecule has 1 aromatic carbocycles. The summed E-state index contributed by atoms with van der Waals surface area (Å²) in [5, 5.41) is 7.05. The Bertz CT molecular complexity index is 973. The van der Waals surface area contributed by atoms with E-state index < -0.39 is 39.7 Å². The molecule has 31 heavy (non-hydrogen) atoms. The van der Waals surface area contributed by atoms with Gasteiger partial charge in [0.15, 0.2) is 11.6 Å². The Morgan fingerprint density at radius 2 is 2.03 bits per heavy atom. The molecule has 9 nitrogen and oxygen atoms in total. The van der Waals surface area contributed by atoms with E-state index >= 15 is 0 Å². The Morgan fingerprint density at radius 3 is 2.58 bits per heavy atom. The molecule has 0 unspecified atom stereocenters. The average molecular weight is 479 g/mol. The van der Waals surface area contributed by atoms with E-state index in [-0.39, 0.29) is 10.7 Å². The summed E-state index contributed by atoms with van der Waals surface area (Å²) in [7, 11) is 2.85. The summed E-state index contributed by atoms with van der Waals surface area (Å²) < 4.78 is 51.5. The molecule has 0 aliphatic carbocycles. The summed E-state index contributed by atoms with van der Waals surface area (Å²) in [4.78, 5) is 21.1. The number of benzene rings is 1. The zero-order valence-electron chi connectivity index (χ0n) is 16.0. The van der Waals surface area contributed by atoms with Crippen LogP contribution in [0.4, 0.5) is 29.1 Å². The van der Waals surface area contributed by atoms with Crippen LogP contribution in [-0.4, -0.2) is 40.7 Å². The molecule has 1 heterocycles.